The van der Waals surface area contributed by atoms with Crippen molar-refractivity contribution in [2.24, 2.45) is 44.1 Å². The minimum atomic E-state index is -0.0940. The number of esters is 1. The van der Waals surface area contributed by atoms with E-state index in [0.717, 1.165) is 72.9 Å². The average Bonchev–Trinajstić information content (AvgIpc) is 3.74. The molecular weight excluding hydrogens is 542 g/mol. The van der Waals surface area contributed by atoms with Crippen LogP contribution in [-0.4, -0.2) is 19.1 Å². The zero-order valence-electron chi connectivity index (χ0n) is 24.5. The van der Waals surface area contributed by atoms with E-state index in [1.807, 2.05) is 42.5 Å². The molecule has 3 aromatic rings. The predicted molar refractivity (Wildman–Crippen MR) is 169 cm³/mol. The van der Waals surface area contributed by atoms with E-state index in [1.165, 1.54) is 43.5 Å². The molecule has 1 aromatic heterocycles. The van der Waals surface area contributed by atoms with Crippen LogP contribution in [0.25, 0.3) is 0 Å². The lowest BCUT2D eigenvalue weighted by Crippen LogP contribution is -2.29. The third-order valence-electron chi connectivity index (χ3n) is 9.28. The topological polar surface area (TPSA) is 79.0 Å². The largest absolute Gasteiger partial charge is 0.426 e. The van der Waals surface area contributed by atoms with E-state index < -0.39 is 0 Å². The van der Waals surface area contributed by atoms with Crippen molar-refractivity contribution in [3.8, 4) is 5.75 Å². The maximum Gasteiger partial charge on any atom is 0.314 e. The summed E-state index contributed by atoms with van der Waals surface area (Å²) in [5.74, 6) is 3.04. The van der Waals surface area contributed by atoms with Crippen molar-refractivity contribution in [2.45, 2.75) is 71.1 Å². The molecule has 7 nitrogen and oxygen atoms in total. The van der Waals surface area contributed by atoms with Gasteiger partial charge in [0.1, 0.15) is 10.8 Å². The second-order valence-corrected chi connectivity index (χ2v) is 13.3. The van der Waals surface area contributed by atoms with Gasteiger partial charge in [-0.15, -0.1) is 10.2 Å². The van der Waals surface area contributed by atoms with Crippen molar-refractivity contribution in [1.29, 1.82) is 0 Å². The van der Waals surface area contributed by atoms with Crippen molar-refractivity contribution < 1.29 is 9.53 Å². The first kappa shape index (κ1) is 28.7. The number of anilines is 1. The second-order valence-electron chi connectivity index (χ2n) is 12.3. The molecule has 8 heteroatoms. The minimum absolute atomic E-state index is 0.0170. The SMILES string of the molecule is CC1CCC(C2CCC(C(=O)Oc3ccc(N=Nc4ccc(N=Nc5ccc(N6CCCC6)s5)cc4)cc3)CC2)CC1. The lowest BCUT2D eigenvalue weighted by atomic mass is 9.69. The molecule has 1 saturated heterocycles. The van der Waals surface area contributed by atoms with Gasteiger partial charge in [0, 0.05) is 13.1 Å². The van der Waals surface area contributed by atoms with Gasteiger partial charge in [0.15, 0.2) is 0 Å². The number of azo groups is 2. The number of carbonyl (C=O) groups is 1. The lowest BCUT2D eigenvalue weighted by molar-refractivity contribution is -0.140. The Labute approximate surface area is 253 Å². The summed E-state index contributed by atoms with van der Waals surface area (Å²) < 4.78 is 5.73. The molecule has 2 aromatic carbocycles. The van der Waals surface area contributed by atoms with Crippen molar-refractivity contribution in [2.75, 3.05) is 18.0 Å². The normalized spacial score (nSPS) is 24.9. The Morgan fingerprint density at radius 1 is 0.690 bits per heavy atom. The first-order valence-electron chi connectivity index (χ1n) is 15.7. The molecule has 0 unspecified atom stereocenters. The van der Waals surface area contributed by atoms with E-state index in [0.29, 0.717) is 11.4 Å². The van der Waals surface area contributed by atoms with Crippen LogP contribution < -0.4 is 9.64 Å². The highest BCUT2D eigenvalue weighted by Gasteiger charge is 2.33. The van der Waals surface area contributed by atoms with Crippen LogP contribution >= 0.6 is 11.3 Å². The van der Waals surface area contributed by atoms with Gasteiger partial charge >= 0.3 is 5.97 Å². The van der Waals surface area contributed by atoms with E-state index in [4.69, 9.17) is 4.74 Å². The highest BCUT2D eigenvalue weighted by atomic mass is 32.1. The number of thiophene rings is 1. The summed E-state index contributed by atoms with van der Waals surface area (Å²) in [6.07, 6.45) is 12.3. The highest BCUT2D eigenvalue weighted by molar-refractivity contribution is 7.19. The molecule has 0 atom stereocenters. The molecule has 6 rings (SSSR count). The fourth-order valence-electron chi connectivity index (χ4n) is 6.65. The van der Waals surface area contributed by atoms with Crippen LogP contribution in [0.3, 0.4) is 0 Å². The Morgan fingerprint density at radius 2 is 1.21 bits per heavy atom. The van der Waals surface area contributed by atoms with Crippen molar-refractivity contribution in [1.82, 2.24) is 0 Å². The van der Waals surface area contributed by atoms with Crippen LogP contribution in [0.5, 0.6) is 5.75 Å². The Hall–Kier alpha value is -3.39. The summed E-state index contributed by atoms with van der Waals surface area (Å²) in [5, 5.41) is 19.6. The number of hydrogen-bond acceptors (Lipinski definition) is 8. The average molecular weight is 584 g/mol. The van der Waals surface area contributed by atoms with Gasteiger partial charge in [-0.05, 0) is 130 Å². The molecule has 3 aliphatic rings. The van der Waals surface area contributed by atoms with Gasteiger partial charge in [-0.2, -0.15) is 10.2 Å². The van der Waals surface area contributed by atoms with Crippen LogP contribution in [0.15, 0.2) is 81.1 Å². The molecule has 0 bridgehead atoms. The molecule has 220 valence electrons. The number of ether oxygens (including phenoxy) is 1. The molecule has 2 aliphatic carbocycles. The molecule has 2 heterocycles. The van der Waals surface area contributed by atoms with Crippen molar-refractivity contribution in [3.05, 3.63) is 60.7 Å². The standard InChI is InChI=1S/C34H41N5O2S/c1-24-4-6-25(7-5-24)26-8-10-27(11-9-26)34(40)41-31-18-16-30(17-19-31)36-35-28-12-14-29(15-13-28)37-38-32-20-21-33(42-32)39-22-2-3-23-39/h12-21,24-27H,2-11,22-23H2,1H3. The monoisotopic (exact) mass is 583 g/mol. The molecule has 3 fully saturated rings. The van der Waals surface area contributed by atoms with Gasteiger partial charge in [0.2, 0.25) is 0 Å². The molecule has 0 radical (unpaired) electrons. The number of rotatable bonds is 8. The Bertz CT molecular complexity index is 1360. The van der Waals surface area contributed by atoms with Crippen LogP contribution in [0.4, 0.5) is 27.1 Å². The van der Waals surface area contributed by atoms with Gasteiger partial charge in [0.05, 0.1) is 28.0 Å². The number of hydrogen-bond donors (Lipinski definition) is 0. The van der Waals surface area contributed by atoms with Gasteiger partial charge in [-0.25, -0.2) is 0 Å². The summed E-state index contributed by atoms with van der Waals surface area (Å²) in [5.41, 5.74) is 2.20. The van der Waals surface area contributed by atoms with Crippen LogP contribution in [0, 0.1) is 23.7 Å². The van der Waals surface area contributed by atoms with Crippen LogP contribution in [-0.2, 0) is 4.79 Å². The molecular formula is C34H41N5O2S. The molecule has 0 amide bonds. The fourth-order valence-corrected chi connectivity index (χ4v) is 7.53. The van der Waals surface area contributed by atoms with E-state index in [2.05, 4.69) is 38.3 Å². The summed E-state index contributed by atoms with van der Waals surface area (Å²) in [6, 6.07) is 18.9. The third kappa shape index (κ3) is 7.51. The number of carbonyl (C=O) groups excluding carboxylic acids is 1. The highest BCUT2D eigenvalue weighted by Crippen LogP contribution is 2.41. The summed E-state index contributed by atoms with van der Waals surface area (Å²) >= 11 is 1.68. The van der Waals surface area contributed by atoms with Gasteiger partial charge in [-0.1, -0.05) is 31.1 Å². The van der Waals surface area contributed by atoms with Crippen molar-refractivity contribution in [3.63, 3.8) is 0 Å². The Balaban J connectivity index is 0.953. The Morgan fingerprint density at radius 3 is 1.81 bits per heavy atom. The smallest absolute Gasteiger partial charge is 0.314 e. The number of benzene rings is 2. The summed E-state index contributed by atoms with van der Waals surface area (Å²) in [4.78, 5) is 15.2. The Kier molecular flexibility index (Phi) is 9.38. The van der Waals surface area contributed by atoms with E-state index in [1.54, 1.807) is 23.5 Å². The third-order valence-corrected chi connectivity index (χ3v) is 10.3. The summed E-state index contributed by atoms with van der Waals surface area (Å²) in [6.45, 7) is 4.64. The fraction of sp³-hybridized carbons (Fsp3) is 0.500. The first-order chi connectivity index (χ1) is 20.6. The number of nitrogens with zero attached hydrogens (tertiary/aromatic N) is 5. The quantitative estimate of drug-likeness (QED) is 0.150. The maximum atomic E-state index is 12.8. The van der Waals surface area contributed by atoms with Crippen LogP contribution in [0.2, 0.25) is 0 Å². The van der Waals surface area contributed by atoms with Gasteiger partial charge in [-0.3, -0.25) is 4.79 Å². The minimum Gasteiger partial charge on any atom is -0.426 e. The molecule has 42 heavy (non-hydrogen) atoms. The van der Waals surface area contributed by atoms with E-state index in [-0.39, 0.29) is 11.9 Å². The molecule has 0 spiro atoms. The molecule has 1 aliphatic heterocycles. The summed E-state index contributed by atoms with van der Waals surface area (Å²) in [7, 11) is 0. The van der Waals surface area contributed by atoms with Crippen LogP contribution in [0.1, 0.15) is 71.1 Å². The van der Waals surface area contributed by atoms with Gasteiger partial charge in [0.25, 0.3) is 0 Å². The second kappa shape index (κ2) is 13.7. The van der Waals surface area contributed by atoms with E-state index in [9.17, 15) is 4.79 Å². The molecule has 2 saturated carbocycles. The van der Waals surface area contributed by atoms with Crippen molar-refractivity contribution >= 4 is 44.4 Å². The zero-order valence-corrected chi connectivity index (χ0v) is 25.3. The lowest BCUT2D eigenvalue weighted by Gasteiger charge is -2.36. The first-order valence-corrected chi connectivity index (χ1v) is 16.5. The molecule has 0 N–H and O–H groups in total. The predicted octanol–water partition coefficient (Wildman–Crippen LogP) is 10.7. The van der Waals surface area contributed by atoms with Gasteiger partial charge < -0.3 is 9.64 Å². The maximum absolute atomic E-state index is 12.8. The van der Waals surface area contributed by atoms with E-state index >= 15 is 0 Å². The zero-order chi connectivity index (χ0) is 28.7.